The van der Waals surface area contributed by atoms with Crippen LogP contribution in [0.15, 0.2) is 53.4 Å². The maximum absolute atomic E-state index is 13.3. The van der Waals surface area contributed by atoms with E-state index in [1.165, 1.54) is 0 Å². The number of hydrogen-bond donors (Lipinski definition) is 3. The molecule has 0 aliphatic heterocycles. The summed E-state index contributed by atoms with van der Waals surface area (Å²) in [5, 5.41) is 30.3. The van der Waals surface area contributed by atoms with Crippen LogP contribution in [0.4, 0.5) is 16.2 Å². The topological polar surface area (TPSA) is 235 Å². The molecule has 18 heteroatoms. The fourth-order valence-corrected chi connectivity index (χ4v) is 6.06. The largest absolute Gasteiger partial charge is 0.461 e. The summed E-state index contributed by atoms with van der Waals surface area (Å²) in [7, 11) is 0. The Bertz CT molecular complexity index is 1580. The number of nitro groups is 2. The second-order valence-electron chi connectivity index (χ2n) is 12.2. The molecule has 0 bridgehead atoms. The monoisotopic (exact) mass is 775 g/mol. The zero-order valence-electron chi connectivity index (χ0n) is 30.9. The molecule has 2 aromatic carbocycles. The molecule has 0 radical (unpaired) electrons. The minimum Gasteiger partial charge on any atom is -0.461 e. The normalized spacial score (nSPS) is 13.0. The molecule has 0 aliphatic carbocycles. The number of nitrogens with one attached hydrogen (secondary N) is 3. The Labute approximate surface area is 317 Å². The summed E-state index contributed by atoms with van der Waals surface area (Å²) < 4.78 is 16.3. The molecule has 3 N–H and O–H groups in total. The maximum atomic E-state index is 13.3. The van der Waals surface area contributed by atoms with Gasteiger partial charge in [-0.05, 0) is 43.7 Å². The third kappa shape index (κ3) is 16.2. The first-order valence-corrected chi connectivity index (χ1v) is 18.8. The van der Waals surface area contributed by atoms with E-state index in [1.54, 1.807) is 30.3 Å². The molecule has 0 fully saturated rings. The molecule has 4 atom stereocenters. The molecule has 296 valence electrons. The summed E-state index contributed by atoms with van der Waals surface area (Å²) in [6, 6.07) is 9.20. The molecule has 0 spiro atoms. The number of thioether (sulfide) groups is 1. The summed E-state index contributed by atoms with van der Waals surface area (Å²) in [5.74, 6) is -3.31. The number of non-ortho nitro benzene ring substituents is 1. The van der Waals surface area contributed by atoms with Crippen LogP contribution in [0.5, 0.6) is 0 Å². The maximum Gasteiger partial charge on any atom is 0.408 e. The van der Waals surface area contributed by atoms with Crippen molar-refractivity contribution in [1.82, 2.24) is 16.0 Å². The molecule has 0 heterocycles. The number of hydrogen-bond acceptors (Lipinski definition) is 13. The molecule has 17 nitrogen and oxygen atoms in total. The fourth-order valence-electron chi connectivity index (χ4n) is 5.03. The Morgan fingerprint density at radius 1 is 0.796 bits per heavy atom. The van der Waals surface area contributed by atoms with Gasteiger partial charge in [0, 0.05) is 18.2 Å². The lowest BCUT2D eigenvalue weighted by Gasteiger charge is -2.22. The van der Waals surface area contributed by atoms with Crippen LogP contribution in [-0.4, -0.2) is 76.3 Å². The standard InChI is InChI=1S/C36H49N5O12S/c1-5-12-26(7-3)52-33(43)21-37-34(44)29(23-54-31-18-16-25(40(47)48)20-30(31)41(49)50)38-32(42)19-17-28(35(45)53-27(8-4)13-6-2)39-36(46)51-22-24-14-10-9-11-15-24/h9-11,14-16,18,20,26-29H,5-8,12-13,17,19,21-23H2,1-4H3,(H,37,44)(H,38,42)(H,39,46)/t26?,27?,28-,29-/m0/s1. The van der Waals surface area contributed by atoms with E-state index in [0.717, 1.165) is 42.8 Å². The number of carbonyl (C=O) groups excluding carboxylic acids is 5. The number of benzene rings is 2. The summed E-state index contributed by atoms with van der Waals surface area (Å²) >= 11 is 0.781. The van der Waals surface area contributed by atoms with Gasteiger partial charge >= 0.3 is 18.0 Å². The van der Waals surface area contributed by atoms with Crippen LogP contribution in [0.2, 0.25) is 0 Å². The molecular weight excluding hydrogens is 726 g/mol. The van der Waals surface area contributed by atoms with Gasteiger partial charge in [-0.3, -0.25) is 34.6 Å². The zero-order chi connectivity index (χ0) is 40.0. The molecule has 2 aromatic rings. The number of nitro benzene ring substituents is 2. The van der Waals surface area contributed by atoms with Crippen LogP contribution < -0.4 is 16.0 Å². The van der Waals surface area contributed by atoms with E-state index in [0.29, 0.717) is 31.2 Å². The van der Waals surface area contributed by atoms with Gasteiger partial charge in [0.05, 0.1) is 20.8 Å². The number of nitrogens with zero attached hydrogens (tertiary/aromatic N) is 2. The average Bonchev–Trinajstić information content (AvgIpc) is 3.15. The highest BCUT2D eigenvalue weighted by Crippen LogP contribution is 2.33. The number of amides is 3. The number of rotatable bonds is 24. The van der Waals surface area contributed by atoms with E-state index >= 15 is 0 Å². The Hall–Kier alpha value is -5.26. The SMILES string of the molecule is CCCC(CC)OC(=O)CNC(=O)[C@H](CSc1ccc([N+](=O)[O-])cc1[N+](=O)[O-])NC(=O)CC[C@H](NC(=O)OCc1ccccc1)C(=O)OC(CC)CCC. The van der Waals surface area contributed by atoms with Crippen molar-refractivity contribution in [2.24, 2.45) is 0 Å². The van der Waals surface area contributed by atoms with Crippen molar-refractivity contribution in [1.29, 1.82) is 0 Å². The van der Waals surface area contributed by atoms with Crippen LogP contribution in [-0.2, 0) is 40.0 Å². The Morgan fingerprint density at radius 3 is 2.04 bits per heavy atom. The smallest absolute Gasteiger partial charge is 0.408 e. The van der Waals surface area contributed by atoms with Crippen LogP contribution in [0.3, 0.4) is 0 Å². The van der Waals surface area contributed by atoms with Crippen LogP contribution >= 0.6 is 11.8 Å². The average molecular weight is 776 g/mol. The number of carbonyl (C=O) groups is 5. The Morgan fingerprint density at radius 2 is 1.44 bits per heavy atom. The van der Waals surface area contributed by atoms with Crippen LogP contribution in [0.1, 0.15) is 84.6 Å². The summed E-state index contributed by atoms with van der Waals surface area (Å²) in [6.45, 7) is 6.97. The van der Waals surface area contributed by atoms with E-state index in [4.69, 9.17) is 14.2 Å². The Balaban J connectivity index is 2.22. The van der Waals surface area contributed by atoms with Gasteiger partial charge in [0.25, 0.3) is 11.4 Å². The molecule has 3 amide bonds. The first-order chi connectivity index (χ1) is 25.8. The van der Waals surface area contributed by atoms with E-state index < -0.39 is 75.8 Å². The van der Waals surface area contributed by atoms with Crippen molar-refractivity contribution >= 4 is 53.0 Å². The van der Waals surface area contributed by atoms with Gasteiger partial charge in [0.15, 0.2) is 0 Å². The van der Waals surface area contributed by atoms with Gasteiger partial charge in [0.1, 0.15) is 37.4 Å². The summed E-state index contributed by atoms with van der Waals surface area (Å²) in [4.78, 5) is 86.3. The van der Waals surface area contributed by atoms with Gasteiger partial charge in [-0.1, -0.05) is 70.9 Å². The minimum absolute atomic E-state index is 0.0130. The third-order valence-corrected chi connectivity index (χ3v) is 9.13. The third-order valence-electron chi connectivity index (χ3n) is 7.98. The second kappa shape index (κ2) is 24.1. The van der Waals surface area contributed by atoms with Gasteiger partial charge in [-0.2, -0.15) is 0 Å². The van der Waals surface area contributed by atoms with Gasteiger partial charge < -0.3 is 30.2 Å². The lowest BCUT2D eigenvalue weighted by Crippen LogP contribution is -2.50. The van der Waals surface area contributed by atoms with E-state index in [2.05, 4.69) is 16.0 Å². The molecule has 54 heavy (non-hydrogen) atoms. The zero-order valence-corrected chi connectivity index (χ0v) is 31.7. The highest BCUT2D eigenvalue weighted by molar-refractivity contribution is 7.99. The highest BCUT2D eigenvalue weighted by atomic mass is 32.2. The highest BCUT2D eigenvalue weighted by Gasteiger charge is 2.29. The molecule has 0 saturated carbocycles. The van der Waals surface area contributed by atoms with Gasteiger partial charge in [-0.25, -0.2) is 9.59 Å². The first kappa shape index (κ1) is 44.9. The molecular formula is C36H49N5O12S. The fraction of sp³-hybridized carbons (Fsp3) is 0.528. The number of alkyl carbamates (subject to hydrolysis) is 1. The summed E-state index contributed by atoms with van der Waals surface area (Å²) in [5.41, 5.74) is -0.378. The Kier molecular flexibility index (Phi) is 20.1. The lowest BCUT2D eigenvalue weighted by atomic mass is 10.1. The molecule has 0 aromatic heterocycles. The first-order valence-electron chi connectivity index (χ1n) is 17.8. The molecule has 2 rings (SSSR count). The molecule has 0 aliphatic rings. The van der Waals surface area contributed by atoms with Gasteiger partial charge in [0.2, 0.25) is 11.8 Å². The van der Waals surface area contributed by atoms with Crippen molar-refractivity contribution in [3.63, 3.8) is 0 Å². The lowest BCUT2D eigenvalue weighted by molar-refractivity contribution is -0.396. The van der Waals surface area contributed by atoms with Crippen molar-refractivity contribution in [2.45, 2.75) is 115 Å². The van der Waals surface area contributed by atoms with Gasteiger partial charge in [-0.15, -0.1) is 11.8 Å². The minimum atomic E-state index is -1.37. The van der Waals surface area contributed by atoms with Crippen molar-refractivity contribution in [3.05, 3.63) is 74.3 Å². The van der Waals surface area contributed by atoms with Crippen LogP contribution in [0, 0.1) is 20.2 Å². The number of ether oxygens (including phenoxy) is 3. The van der Waals surface area contributed by atoms with Crippen molar-refractivity contribution in [3.8, 4) is 0 Å². The molecule has 2 unspecified atom stereocenters. The van der Waals surface area contributed by atoms with E-state index in [9.17, 15) is 44.2 Å². The molecule has 0 saturated heterocycles. The van der Waals surface area contributed by atoms with Crippen molar-refractivity contribution in [2.75, 3.05) is 12.3 Å². The quantitative estimate of drug-likeness (QED) is 0.0392. The van der Waals surface area contributed by atoms with E-state index in [-0.39, 0.29) is 36.2 Å². The predicted molar refractivity (Wildman–Crippen MR) is 198 cm³/mol. The van der Waals surface area contributed by atoms with E-state index in [1.807, 2.05) is 27.7 Å². The predicted octanol–water partition coefficient (Wildman–Crippen LogP) is 5.52. The van der Waals surface area contributed by atoms with Crippen LogP contribution in [0.25, 0.3) is 0 Å². The van der Waals surface area contributed by atoms with Crippen molar-refractivity contribution < 1.29 is 48.0 Å². The summed E-state index contributed by atoms with van der Waals surface area (Å²) in [6.07, 6.45) is 1.52. The second-order valence-corrected chi connectivity index (χ2v) is 13.2. The number of esters is 2.